The van der Waals surface area contributed by atoms with Gasteiger partial charge in [-0.05, 0) is 42.3 Å². The van der Waals surface area contributed by atoms with Gasteiger partial charge in [0.25, 0.3) is 5.91 Å². The van der Waals surface area contributed by atoms with Crippen molar-refractivity contribution in [2.45, 2.75) is 12.5 Å². The molecule has 0 spiro atoms. The van der Waals surface area contributed by atoms with Crippen molar-refractivity contribution < 1.29 is 19.1 Å². The minimum Gasteiger partial charge on any atom is -0.480 e. The molecule has 0 aliphatic carbocycles. The zero-order chi connectivity index (χ0) is 23.1. The van der Waals surface area contributed by atoms with Gasteiger partial charge < -0.3 is 15.3 Å². The van der Waals surface area contributed by atoms with Crippen LogP contribution in [0.1, 0.15) is 22.3 Å². The molecule has 0 fully saturated rings. The minimum absolute atomic E-state index is 0.00660. The maximum Gasteiger partial charge on any atom is 0.326 e. The Labute approximate surface area is 189 Å². The van der Waals surface area contributed by atoms with Crippen LogP contribution in [0.4, 0.5) is 16.0 Å². The topological polar surface area (TPSA) is 95.4 Å². The molecule has 1 unspecified atom stereocenters. The second kappa shape index (κ2) is 10.5. The van der Waals surface area contributed by atoms with Crippen molar-refractivity contribution in [2.75, 3.05) is 11.9 Å². The van der Waals surface area contributed by atoms with Gasteiger partial charge in [0.1, 0.15) is 11.9 Å². The van der Waals surface area contributed by atoms with E-state index in [1.54, 1.807) is 30.6 Å². The summed E-state index contributed by atoms with van der Waals surface area (Å²) in [6.45, 7) is 0. The lowest BCUT2D eigenvalue weighted by Gasteiger charge is -2.16. The number of anilines is 2. The number of carboxylic acids is 1. The summed E-state index contributed by atoms with van der Waals surface area (Å²) in [5.74, 6) is -2.38. The molecule has 0 aliphatic heterocycles. The van der Waals surface area contributed by atoms with Gasteiger partial charge in [0, 0.05) is 25.1 Å². The van der Waals surface area contributed by atoms with E-state index in [2.05, 4.69) is 15.3 Å². The number of aliphatic carboxylic acids is 1. The smallest absolute Gasteiger partial charge is 0.326 e. The van der Waals surface area contributed by atoms with Crippen LogP contribution in [0.15, 0.2) is 67.0 Å². The first kappa shape index (κ1) is 22.9. The molecule has 0 aliphatic rings. The molecular formula is C23H20ClFN4O3. The second-order valence-corrected chi connectivity index (χ2v) is 7.21. The van der Waals surface area contributed by atoms with Crippen LogP contribution in [-0.4, -0.2) is 40.0 Å². The van der Waals surface area contributed by atoms with Gasteiger partial charge in [0.05, 0.1) is 10.6 Å². The molecule has 1 atom stereocenters. The average Bonchev–Trinajstić information content (AvgIpc) is 2.78. The van der Waals surface area contributed by atoms with E-state index in [4.69, 9.17) is 11.6 Å². The Morgan fingerprint density at radius 3 is 2.47 bits per heavy atom. The van der Waals surface area contributed by atoms with Crippen molar-refractivity contribution in [3.05, 3.63) is 89.0 Å². The molecule has 0 radical (unpaired) electrons. The number of halogens is 2. The number of carbonyl (C=O) groups excluding carboxylic acids is 1. The molecule has 32 heavy (non-hydrogen) atoms. The highest BCUT2D eigenvalue weighted by Crippen LogP contribution is 2.21. The lowest BCUT2D eigenvalue weighted by molar-refractivity contribution is -0.139. The van der Waals surface area contributed by atoms with Crippen LogP contribution in [0, 0.1) is 5.82 Å². The number of hydrogen-bond donors (Lipinski definition) is 2. The van der Waals surface area contributed by atoms with Crippen LogP contribution < -0.4 is 10.2 Å². The normalized spacial score (nSPS) is 11.8. The molecule has 0 saturated heterocycles. The SMILES string of the molecule is CN(c1ccc(C=CCC(NC(=O)c2c(F)cccc2Cl)C(=O)O)cc1)c1ncccn1. The second-order valence-electron chi connectivity index (χ2n) is 6.80. The third-order valence-corrected chi connectivity index (χ3v) is 4.92. The first-order chi connectivity index (χ1) is 15.4. The summed E-state index contributed by atoms with van der Waals surface area (Å²) in [5.41, 5.74) is 1.33. The molecule has 7 nitrogen and oxygen atoms in total. The van der Waals surface area contributed by atoms with E-state index in [0.29, 0.717) is 5.95 Å². The summed E-state index contributed by atoms with van der Waals surface area (Å²) >= 11 is 5.87. The van der Waals surface area contributed by atoms with Crippen LogP contribution in [0.25, 0.3) is 6.08 Å². The maximum atomic E-state index is 13.9. The lowest BCUT2D eigenvalue weighted by atomic mass is 10.1. The maximum absolute atomic E-state index is 13.9. The first-order valence-electron chi connectivity index (χ1n) is 9.62. The Balaban J connectivity index is 1.64. The Morgan fingerprint density at radius 1 is 1.16 bits per heavy atom. The number of amides is 1. The molecule has 164 valence electrons. The highest BCUT2D eigenvalue weighted by molar-refractivity contribution is 6.33. The molecular weight excluding hydrogens is 435 g/mol. The van der Waals surface area contributed by atoms with Crippen LogP contribution in [-0.2, 0) is 4.79 Å². The molecule has 2 N–H and O–H groups in total. The van der Waals surface area contributed by atoms with Crippen LogP contribution in [0.2, 0.25) is 5.02 Å². The standard InChI is InChI=1S/C23H20ClFN4O3/c1-29(23-26-13-4-14-27-23)16-11-9-15(10-12-16)5-2-8-19(22(31)32)28-21(30)20-17(24)6-3-7-18(20)25/h2-7,9-14,19H,8H2,1H3,(H,28,30)(H,31,32). The number of carbonyl (C=O) groups is 2. The molecule has 1 amide bonds. The summed E-state index contributed by atoms with van der Waals surface area (Å²) in [6, 6.07) is 11.8. The number of carboxylic acid groups (broad SMARTS) is 1. The number of benzene rings is 2. The van der Waals surface area contributed by atoms with Crippen molar-refractivity contribution in [3.8, 4) is 0 Å². The van der Waals surface area contributed by atoms with E-state index in [-0.39, 0.29) is 17.0 Å². The Hall–Kier alpha value is -3.78. The first-order valence-corrected chi connectivity index (χ1v) is 9.99. The van der Waals surface area contributed by atoms with Gasteiger partial charge in [-0.1, -0.05) is 42.0 Å². The van der Waals surface area contributed by atoms with Crippen LogP contribution in [0.3, 0.4) is 0 Å². The summed E-state index contributed by atoms with van der Waals surface area (Å²) in [7, 11) is 1.85. The van der Waals surface area contributed by atoms with Crippen molar-refractivity contribution >= 4 is 41.2 Å². The van der Waals surface area contributed by atoms with Crippen LogP contribution in [0.5, 0.6) is 0 Å². The summed E-state index contributed by atoms with van der Waals surface area (Å²) in [4.78, 5) is 34.1. The third-order valence-electron chi connectivity index (χ3n) is 4.61. The minimum atomic E-state index is -1.24. The van der Waals surface area contributed by atoms with Gasteiger partial charge in [-0.2, -0.15) is 0 Å². The fraction of sp³-hybridized carbons (Fsp3) is 0.130. The fourth-order valence-corrected chi connectivity index (χ4v) is 3.14. The van der Waals surface area contributed by atoms with Gasteiger partial charge in [-0.15, -0.1) is 0 Å². The summed E-state index contributed by atoms with van der Waals surface area (Å²) < 4.78 is 13.9. The number of nitrogens with one attached hydrogen (secondary N) is 1. The highest BCUT2D eigenvalue weighted by atomic mass is 35.5. The van der Waals surface area contributed by atoms with Crippen LogP contribution >= 0.6 is 11.6 Å². The zero-order valence-corrected chi connectivity index (χ0v) is 17.8. The van der Waals surface area contributed by atoms with Crippen molar-refractivity contribution in [1.29, 1.82) is 0 Å². The number of hydrogen-bond acceptors (Lipinski definition) is 5. The predicted molar refractivity (Wildman–Crippen MR) is 120 cm³/mol. The van der Waals surface area contributed by atoms with E-state index in [1.165, 1.54) is 12.1 Å². The van der Waals surface area contributed by atoms with Gasteiger partial charge in [-0.25, -0.2) is 19.2 Å². The molecule has 1 aromatic heterocycles. The molecule has 3 rings (SSSR count). The van der Waals surface area contributed by atoms with Gasteiger partial charge >= 0.3 is 5.97 Å². The lowest BCUT2D eigenvalue weighted by Crippen LogP contribution is -2.40. The quantitative estimate of drug-likeness (QED) is 0.526. The number of aromatic nitrogens is 2. The fourth-order valence-electron chi connectivity index (χ4n) is 2.90. The Kier molecular flexibility index (Phi) is 7.51. The third kappa shape index (κ3) is 5.67. The Morgan fingerprint density at radius 2 is 1.84 bits per heavy atom. The molecule has 3 aromatic rings. The van der Waals surface area contributed by atoms with Gasteiger partial charge in [0.15, 0.2) is 0 Å². The zero-order valence-electron chi connectivity index (χ0n) is 17.1. The van der Waals surface area contributed by atoms with E-state index in [1.807, 2.05) is 36.2 Å². The number of rotatable bonds is 8. The van der Waals surface area contributed by atoms with Crippen molar-refractivity contribution in [3.63, 3.8) is 0 Å². The average molecular weight is 455 g/mol. The van der Waals surface area contributed by atoms with Gasteiger partial charge in [0.2, 0.25) is 5.95 Å². The highest BCUT2D eigenvalue weighted by Gasteiger charge is 2.23. The Bertz CT molecular complexity index is 1100. The van der Waals surface area contributed by atoms with E-state index < -0.39 is 23.7 Å². The summed E-state index contributed by atoms with van der Waals surface area (Å²) in [6.07, 6.45) is 6.69. The van der Waals surface area contributed by atoms with Gasteiger partial charge in [-0.3, -0.25) is 4.79 Å². The monoisotopic (exact) mass is 454 g/mol. The van der Waals surface area contributed by atoms with Crippen molar-refractivity contribution in [1.82, 2.24) is 15.3 Å². The molecule has 0 saturated carbocycles. The van der Waals surface area contributed by atoms with Crippen molar-refractivity contribution in [2.24, 2.45) is 0 Å². The molecule has 2 aromatic carbocycles. The van der Waals surface area contributed by atoms with E-state index in [9.17, 15) is 19.1 Å². The molecule has 0 bridgehead atoms. The predicted octanol–water partition coefficient (Wildman–Crippen LogP) is 4.32. The number of nitrogens with zero attached hydrogens (tertiary/aromatic N) is 3. The van der Waals surface area contributed by atoms with E-state index in [0.717, 1.165) is 17.3 Å². The largest absolute Gasteiger partial charge is 0.480 e. The van der Waals surface area contributed by atoms with E-state index >= 15 is 0 Å². The summed E-state index contributed by atoms with van der Waals surface area (Å²) in [5, 5.41) is 11.6. The molecule has 1 heterocycles. The molecule has 9 heteroatoms.